The van der Waals surface area contributed by atoms with Crippen LogP contribution in [-0.2, 0) is 4.79 Å². The van der Waals surface area contributed by atoms with Gasteiger partial charge >= 0.3 is 0 Å². The summed E-state index contributed by atoms with van der Waals surface area (Å²) >= 11 is 1.76. The molecular weight excluding hydrogens is 272 g/mol. The zero-order chi connectivity index (χ0) is 14.2. The highest BCUT2D eigenvalue weighted by Crippen LogP contribution is 2.21. The van der Waals surface area contributed by atoms with Crippen molar-refractivity contribution >= 4 is 23.4 Å². The second-order valence-electron chi connectivity index (χ2n) is 4.77. The van der Waals surface area contributed by atoms with Crippen LogP contribution in [0.2, 0.25) is 0 Å². The van der Waals surface area contributed by atoms with Gasteiger partial charge < -0.3 is 15.4 Å². The number of piperidine rings is 1. The Bertz CT molecular complexity index is 416. The summed E-state index contributed by atoms with van der Waals surface area (Å²) in [6, 6.07) is 7.49. The van der Waals surface area contributed by atoms with Crippen molar-refractivity contribution in [1.82, 2.24) is 5.32 Å². The highest BCUT2D eigenvalue weighted by molar-refractivity contribution is 8.00. The number of thioether (sulfide) groups is 1. The zero-order valence-electron chi connectivity index (χ0n) is 11.9. The van der Waals surface area contributed by atoms with Gasteiger partial charge in [0.15, 0.2) is 0 Å². The number of benzene rings is 1. The molecule has 110 valence electrons. The molecule has 2 N–H and O–H groups in total. The van der Waals surface area contributed by atoms with Crippen molar-refractivity contribution in [3.05, 3.63) is 24.3 Å². The standard InChI is InChI=1S/C15H22N2O2S/c1-2-19-13-5-3-12(4-6-13)17-15(18)11-20-14-7-9-16-10-8-14/h3-6,14,16H,2,7-11H2,1H3,(H,17,18). The molecule has 4 nitrogen and oxygen atoms in total. The molecule has 1 amide bonds. The monoisotopic (exact) mass is 294 g/mol. The summed E-state index contributed by atoms with van der Waals surface area (Å²) in [6.07, 6.45) is 2.31. The molecule has 0 bridgehead atoms. The van der Waals surface area contributed by atoms with Gasteiger partial charge in [0.25, 0.3) is 0 Å². The van der Waals surface area contributed by atoms with Gasteiger partial charge in [0.2, 0.25) is 5.91 Å². The number of anilines is 1. The first-order chi connectivity index (χ1) is 9.78. The van der Waals surface area contributed by atoms with Gasteiger partial charge in [-0.3, -0.25) is 4.79 Å². The number of amides is 1. The Morgan fingerprint density at radius 1 is 1.35 bits per heavy atom. The summed E-state index contributed by atoms with van der Waals surface area (Å²) in [5.74, 6) is 1.42. The maximum Gasteiger partial charge on any atom is 0.234 e. The molecule has 1 saturated heterocycles. The van der Waals surface area contributed by atoms with Crippen LogP contribution in [0.1, 0.15) is 19.8 Å². The molecule has 0 aliphatic carbocycles. The fourth-order valence-corrected chi connectivity index (χ4v) is 3.18. The van der Waals surface area contributed by atoms with Crippen LogP contribution in [0.5, 0.6) is 5.75 Å². The lowest BCUT2D eigenvalue weighted by Gasteiger charge is -2.21. The first kappa shape index (κ1) is 15.2. The lowest BCUT2D eigenvalue weighted by atomic mass is 10.2. The third-order valence-electron chi connectivity index (χ3n) is 3.19. The smallest absolute Gasteiger partial charge is 0.234 e. The van der Waals surface area contributed by atoms with Crippen molar-refractivity contribution in [2.45, 2.75) is 25.0 Å². The molecule has 0 aromatic heterocycles. The normalized spacial score (nSPS) is 15.8. The maximum absolute atomic E-state index is 11.9. The van der Waals surface area contributed by atoms with E-state index in [0.717, 1.165) is 37.4 Å². The van der Waals surface area contributed by atoms with E-state index < -0.39 is 0 Å². The number of carbonyl (C=O) groups is 1. The van der Waals surface area contributed by atoms with E-state index in [4.69, 9.17) is 4.74 Å². The van der Waals surface area contributed by atoms with Gasteiger partial charge in [-0.25, -0.2) is 0 Å². The van der Waals surface area contributed by atoms with Crippen LogP contribution in [0.15, 0.2) is 24.3 Å². The van der Waals surface area contributed by atoms with Crippen LogP contribution >= 0.6 is 11.8 Å². The summed E-state index contributed by atoms with van der Waals surface area (Å²) < 4.78 is 5.37. The van der Waals surface area contributed by atoms with Gasteiger partial charge in [0.1, 0.15) is 5.75 Å². The molecule has 0 spiro atoms. The number of rotatable bonds is 6. The number of nitrogens with one attached hydrogen (secondary N) is 2. The summed E-state index contributed by atoms with van der Waals surface area (Å²) in [4.78, 5) is 11.9. The predicted molar refractivity (Wildman–Crippen MR) is 84.6 cm³/mol. The molecule has 0 unspecified atom stereocenters. The number of ether oxygens (including phenoxy) is 1. The molecule has 1 aromatic rings. The fraction of sp³-hybridized carbons (Fsp3) is 0.533. The third-order valence-corrected chi connectivity index (χ3v) is 4.56. The van der Waals surface area contributed by atoms with E-state index in [0.29, 0.717) is 17.6 Å². The molecule has 1 aliphatic heterocycles. The number of hydrogen-bond acceptors (Lipinski definition) is 4. The Balaban J connectivity index is 1.73. The maximum atomic E-state index is 11.9. The molecule has 0 radical (unpaired) electrons. The molecule has 20 heavy (non-hydrogen) atoms. The van der Waals surface area contributed by atoms with Crippen molar-refractivity contribution in [3.63, 3.8) is 0 Å². The Labute approximate surface area is 124 Å². The van der Waals surface area contributed by atoms with Crippen LogP contribution in [0.25, 0.3) is 0 Å². The third kappa shape index (κ3) is 5.06. The Morgan fingerprint density at radius 3 is 2.70 bits per heavy atom. The number of carbonyl (C=O) groups excluding carboxylic acids is 1. The predicted octanol–water partition coefficient (Wildman–Crippen LogP) is 2.51. The lowest BCUT2D eigenvalue weighted by molar-refractivity contribution is -0.113. The minimum absolute atomic E-state index is 0.0673. The SMILES string of the molecule is CCOc1ccc(NC(=O)CSC2CCNCC2)cc1. The van der Waals surface area contributed by atoms with Crippen molar-refractivity contribution in [2.24, 2.45) is 0 Å². The average Bonchev–Trinajstić information content (AvgIpc) is 2.49. The molecule has 0 saturated carbocycles. The highest BCUT2D eigenvalue weighted by Gasteiger charge is 2.14. The quantitative estimate of drug-likeness (QED) is 0.846. The molecule has 1 aliphatic rings. The Hall–Kier alpha value is -1.20. The second-order valence-corrected chi connectivity index (χ2v) is 6.05. The summed E-state index contributed by atoms with van der Waals surface area (Å²) in [7, 11) is 0. The van der Waals surface area contributed by atoms with Crippen molar-refractivity contribution in [3.8, 4) is 5.75 Å². The molecular formula is C15H22N2O2S. The highest BCUT2D eigenvalue weighted by atomic mass is 32.2. The van der Waals surface area contributed by atoms with Gasteiger partial charge in [0, 0.05) is 10.9 Å². The Kier molecular flexibility index (Phi) is 6.21. The van der Waals surface area contributed by atoms with E-state index in [1.54, 1.807) is 11.8 Å². The van der Waals surface area contributed by atoms with Gasteiger partial charge in [-0.2, -0.15) is 0 Å². The van der Waals surface area contributed by atoms with Gasteiger partial charge in [-0.15, -0.1) is 11.8 Å². The van der Waals surface area contributed by atoms with E-state index in [2.05, 4.69) is 10.6 Å². The van der Waals surface area contributed by atoms with Crippen LogP contribution in [0.4, 0.5) is 5.69 Å². The summed E-state index contributed by atoms with van der Waals surface area (Å²) in [6.45, 7) is 4.74. The second kappa shape index (κ2) is 8.17. The minimum Gasteiger partial charge on any atom is -0.494 e. The molecule has 1 fully saturated rings. The lowest BCUT2D eigenvalue weighted by Crippen LogP contribution is -2.30. The zero-order valence-corrected chi connectivity index (χ0v) is 12.7. The van der Waals surface area contributed by atoms with Crippen LogP contribution in [-0.4, -0.2) is 36.6 Å². The summed E-state index contributed by atoms with van der Waals surface area (Å²) in [5.41, 5.74) is 0.823. The molecule has 0 atom stereocenters. The topological polar surface area (TPSA) is 50.4 Å². The molecule has 2 rings (SSSR count). The summed E-state index contributed by atoms with van der Waals surface area (Å²) in [5, 5.41) is 6.87. The van der Waals surface area contributed by atoms with E-state index in [1.807, 2.05) is 31.2 Å². The largest absolute Gasteiger partial charge is 0.494 e. The van der Waals surface area contributed by atoms with Crippen LogP contribution in [0, 0.1) is 0 Å². The first-order valence-electron chi connectivity index (χ1n) is 7.13. The van der Waals surface area contributed by atoms with Crippen LogP contribution in [0.3, 0.4) is 0 Å². The van der Waals surface area contributed by atoms with E-state index in [1.165, 1.54) is 0 Å². The fourth-order valence-electron chi connectivity index (χ4n) is 2.15. The van der Waals surface area contributed by atoms with Crippen LogP contribution < -0.4 is 15.4 Å². The van der Waals surface area contributed by atoms with Gasteiger partial charge in [-0.1, -0.05) is 0 Å². The first-order valence-corrected chi connectivity index (χ1v) is 8.18. The van der Waals surface area contributed by atoms with Crippen molar-refractivity contribution in [1.29, 1.82) is 0 Å². The number of hydrogen-bond donors (Lipinski definition) is 2. The van der Waals surface area contributed by atoms with Gasteiger partial charge in [0.05, 0.1) is 12.4 Å². The van der Waals surface area contributed by atoms with E-state index in [9.17, 15) is 4.79 Å². The van der Waals surface area contributed by atoms with Gasteiger partial charge in [-0.05, 0) is 57.1 Å². The molecule has 1 aromatic carbocycles. The van der Waals surface area contributed by atoms with E-state index >= 15 is 0 Å². The molecule has 5 heteroatoms. The average molecular weight is 294 g/mol. The van der Waals surface area contributed by atoms with E-state index in [-0.39, 0.29) is 5.91 Å². The minimum atomic E-state index is 0.0673. The molecule has 1 heterocycles. The Morgan fingerprint density at radius 2 is 2.05 bits per heavy atom. The van der Waals surface area contributed by atoms with Crippen molar-refractivity contribution < 1.29 is 9.53 Å². The van der Waals surface area contributed by atoms with Crippen molar-refractivity contribution in [2.75, 3.05) is 30.8 Å².